The SMILES string of the molecule is COc1cc(/C=C(/NC(=O)c2ccccc2)C(=O)Nc2cccc(SCC(=O)Nc3ccccc3Br)c2)cc(OC)c1OC. The number of nitrogens with one attached hydrogen (secondary N) is 3. The monoisotopic (exact) mass is 675 g/mol. The molecule has 0 atom stereocenters. The Morgan fingerprint density at radius 3 is 2.14 bits per heavy atom. The van der Waals surface area contributed by atoms with Crippen LogP contribution in [0.25, 0.3) is 6.08 Å². The quantitative estimate of drug-likeness (QED) is 0.114. The molecule has 0 radical (unpaired) electrons. The predicted octanol–water partition coefficient (Wildman–Crippen LogP) is 6.62. The molecular weight excluding hydrogens is 646 g/mol. The second kappa shape index (κ2) is 15.6. The molecule has 3 amide bonds. The molecule has 4 rings (SSSR count). The van der Waals surface area contributed by atoms with Gasteiger partial charge in [0.05, 0.1) is 32.8 Å². The summed E-state index contributed by atoms with van der Waals surface area (Å²) in [5, 5.41) is 8.44. The minimum absolute atomic E-state index is 0.0148. The van der Waals surface area contributed by atoms with Gasteiger partial charge in [-0.2, -0.15) is 0 Å². The first kappa shape index (κ1) is 32.2. The van der Waals surface area contributed by atoms with E-state index in [9.17, 15) is 14.4 Å². The number of benzene rings is 4. The van der Waals surface area contributed by atoms with Gasteiger partial charge in [-0.05, 0) is 82.2 Å². The van der Waals surface area contributed by atoms with Crippen LogP contribution in [0.15, 0.2) is 106 Å². The molecule has 0 saturated heterocycles. The minimum atomic E-state index is -0.558. The molecule has 0 bridgehead atoms. The highest BCUT2D eigenvalue weighted by Gasteiger charge is 2.18. The average molecular weight is 677 g/mol. The van der Waals surface area contributed by atoms with Crippen LogP contribution in [0.4, 0.5) is 11.4 Å². The summed E-state index contributed by atoms with van der Waals surface area (Å²) in [5.74, 6) is 0.150. The van der Waals surface area contributed by atoms with Crippen LogP contribution in [-0.4, -0.2) is 44.8 Å². The molecule has 0 aliphatic carbocycles. The molecule has 9 nitrogen and oxygen atoms in total. The zero-order chi connectivity index (χ0) is 31.5. The van der Waals surface area contributed by atoms with Crippen molar-refractivity contribution >= 4 is 62.9 Å². The molecule has 0 aliphatic heterocycles. The molecule has 0 aromatic heterocycles. The molecule has 0 fully saturated rings. The summed E-state index contributed by atoms with van der Waals surface area (Å²) >= 11 is 4.75. The van der Waals surface area contributed by atoms with Gasteiger partial charge in [0.25, 0.3) is 11.8 Å². The Hall–Kier alpha value is -4.74. The van der Waals surface area contributed by atoms with E-state index in [4.69, 9.17) is 14.2 Å². The summed E-state index contributed by atoms with van der Waals surface area (Å²) in [6.45, 7) is 0. The van der Waals surface area contributed by atoms with Gasteiger partial charge >= 0.3 is 0 Å². The summed E-state index contributed by atoms with van der Waals surface area (Å²) in [6, 6.07) is 26.4. The number of carbonyl (C=O) groups is 3. The number of thioether (sulfide) groups is 1. The molecule has 0 aliphatic rings. The van der Waals surface area contributed by atoms with Gasteiger partial charge in [0, 0.05) is 20.6 Å². The normalized spacial score (nSPS) is 10.9. The summed E-state index contributed by atoms with van der Waals surface area (Å²) in [4.78, 5) is 39.9. The molecule has 0 unspecified atom stereocenters. The lowest BCUT2D eigenvalue weighted by atomic mass is 10.1. The second-order valence-corrected chi connectivity index (χ2v) is 11.0. The third-order valence-corrected chi connectivity index (χ3v) is 7.82. The molecule has 4 aromatic rings. The van der Waals surface area contributed by atoms with Crippen LogP contribution in [0.2, 0.25) is 0 Å². The highest BCUT2D eigenvalue weighted by atomic mass is 79.9. The lowest BCUT2D eigenvalue weighted by Crippen LogP contribution is -2.30. The Morgan fingerprint density at radius 1 is 0.795 bits per heavy atom. The standard InChI is InChI=1S/C33H30BrN3O6S/c1-41-28-17-21(18-29(42-2)31(28)43-3)16-27(37-32(39)22-10-5-4-6-11-22)33(40)35-23-12-9-13-24(19-23)44-20-30(38)36-26-15-8-7-14-25(26)34/h4-19H,20H2,1-3H3,(H,35,40)(H,36,38)(H,37,39)/b27-16+. The maximum absolute atomic E-state index is 13.6. The maximum Gasteiger partial charge on any atom is 0.272 e. The number of carbonyl (C=O) groups excluding carboxylic acids is 3. The molecule has 4 aromatic carbocycles. The third kappa shape index (κ3) is 8.65. The number of halogens is 1. The first-order valence-electron chi connectivity index (χ1n) is 13.3. The van der Waals surface area contributed by atoms with Crippen molar-refractivity contribution in [3.8, 4) is 17.2 Å². The van der Waals surface area contributed by atoms with Crippen molar-refractivity contribution in [2.45, 2.75) is 4.90 Å². The minimum Gasteiger partial charge on any atom is -0.493 e. The van der Waals surface area contributed by atoms with Crippen LogP contribution in [-0.2, 0) is 9.59 Å². The van der Waals surface area contributed by atoms with Gasteiger partial charge in [0.1, 0.15) is 5.70 Å². The molecular formula is C33H30BrN3O6S. The second-order valence-electron chi connectivity index (χ2n) is 9.14. The predicted molar refractivity (Wildman–Crippen MR) is 177 cm³/mol. The highest BCUT2D eigenvalue weighted by molar-refractivity contribution is 9.10. The number of hydrogen-bond donors (Lipinski definition) is 3. The van der Waals surface area contributed by atoms with Crippen LogP contribution >= 0.6 is 27.7 Å². The number of ether oxygens (including phenoxy) is 3. The van der Waals surface area contributed by atoms with E-state index in [1.807, 2.05) is 30.3 Å². The molecule has 11 heteroatoms. The number of amides is 3. The van der Waals surface area contributed by atoms with Crippen LogP contribution in [0.1, 0.15) is 15.9 Å². The average Bonchev–Trinajstić information content (AvgIpc) is 3.04. The summed E-state index contributed by atoms with van der Waals surface area (Å²) < 4.78 is 17.1. The van der Waals surface area contributed by atoms with Crippen molar-refractivity contribution < 1.29 is 28.6 Å². The van der Waals surface area contributed by atoms with E-state index in [1.54, 1.807) is 60.7 Å². The fourth-order valence-corrected chi connectivity index (χ4v) is 5.19. The number of hydrogen-bond acceptors (Lipinski definition) is 7. The van der Waals surface area contributed by atoms with Crippen molar-refractivity contribution in [2.75, 3.05) is 37.7 Å². The van der Waals surface area contributed by atoms with Crippen molar-refractivity contribution in [2.24, 2.45) is 0 Å². The molecule has 0 spiro atoms. The van der Waals surface area contributed by atoms with E-state index in [2.05, 4.69) is 31.9 Å². The smallest absolute Gasteiger partial charge is 0.272 e. The van der Waals surface area contributed by atoms with Crippen LogP contribution in [0, 0.1) is 0 Å². The van der Waals surface area contributed by atoms with E-state index in [-0.39, 0.29) is 17.4 Å². The van der Waals surface area contributed by atoms with Gasteiger partial charge in [-0.15, -0.1) is 11.8 Å². The highest BCUT2D eigenvalue weighted by Crippen LogP contribution is 2.38. The Kier molecular flexibility index (Phi) is 11.4. The number of methoxy groups -OCH3 is 3. The Bertz CT molecular complexity index is 1650. The van der Waals surface area contributed by atoms with Crippen LogP contribution < -0.4 is 30.2 Å². The fourth-order valence-electron chi connectivity index (χ4n) is 4.05. The zero-order valence-electron chi connectivity index (χ0n) is 24.2. The largest absolute Gasteiger partial charge is 0.493 e. The number of para-hydroxylation sites is 1. The zero-order valence-corrected chi connectivity index (χ0v) is 26.6. The first-order valence-corrected chi connectivity index (χ1v) is 15.1. The van der Waals surface area contributed by atoms with Gasteiger partial charge in [0.15, 0.2) is 11.5 Å². The molecule has 44 heavy (non-hydrogen) atoms. The summed E-state index contributed by atoms with van der Waals surface area (Å²) in [7, 11) is 4.48. The number of rotatable bonds is 12. The lowest BCUT2D eigenvalue weighted by molar-refractivity contribution is -0.114. The maximum atomic E-state index is 13.6. The van der Waals surface area contributed by atoms with E-state index in [1.165, 1.54) is 39.2 Å². The van der Waals surface area contributed by atoms with Crippen molar-refractivity contribution in [1.82, 2.24) is 5.32 Å². The van der Waals surface area contributed by atoms with E-state index < -0.39 is 11.8 Å². The Balaban J connectivity index is 1.55. The summed E-state index contributed by atoms with van der Waals surface area (Å²) in [5.41, 5.74) is 2.06. The van der Waals surface area contributed by atoms with Crippen molar-refractivity contribution in [3.63, 3.8) is 0 Å². The van der Waals surface area contributed by atoms with Gasteiger partial charge in [-0.3, -0.25) is 14.4 Å². The van der Waals surface area contributed by atoms with Gasteiger partial charge in [-0.1, -0.05) is 36.4 Å². The number of anilines is 2. The topological polar surface area (TPSA) is 115 Å². The van der Waals surface area contributed by atoms with E-state index in [0.29, 0.717) is 39.8 Å². The van der Waals surface area contributed by atoms with Crippen LogP contribution in [0.3, 0.4) is 0 Å². The third-order valence-electron chi connectivity index (χ3n) is 6.14. The van der Waals surface area contributed by atoms with E-state index in [0.717, 1.165) is 9.37 Å². The molecule has 226 valence electrons. The molecule has 0 heterocycles. The van der Waals surface area contributed by atoms with Crippen LogP contribution in [0.5, 0.6) is 17.2 Å². The first-order chi connectivity index (χ1) is 21.3. The summed E-state index contributed by atoms with van der Waals surface area (Å²) in [6.07, 6.45) is 1.52. The molecule has 0 saturated carbocycles. The van der Waals surface area contributed by atoms with Gasteiger partial charge < -0.3 is 30.2 Å². The van der Waals surface area contributed by atoms with Gasteiger partial charge in [0.2, 0.25) is 11.7 Å². The van der Waals surface area contributed by atoms with Gasteiger partial charge in [-0.25, -0.2) is 0 Å². The molecule has 3 N–H and O–H groups in total. The van der Waals surface area contributed by atoms with Crippen molar-refractivity contribution in [1.29, 1.82) is 0 Å². The Labute approximate surface area is 268 Å². The lowest BCUT2D eigenvalue weighted by Gasteiger charge is -2.15. The van der Waals surface area contributed by atoms with E-state index >= 15 is 0 Å². The fraction of sp³-hybridized carbons (Fsp3) is 0.121. The Morgan fingerprint density at radius 2 is 1.48 bits per heavy atom. The van der Waals surface area contributed by atoms with Crippen molar-refractivity contribution in [3.05, 3.63) is 112 Å².